The maximum Gasteiger partial charge on any atom is 0.0223 e. The van der Waals surface area contributed by atoms with Crippen molar-refractivity contribution < 1.29 is 0 Å². The minimum atomic E-state index is 0.810. The van der Waals surface area contributed by atoms with Crippen LogP contribution in [0.2, 0.25) is 0 Å². The molecule has 0 aromatic carbocycles. The molecule has 0 N–H and O–H groups in total. The van der Waals surface area contributed by atoms with E-state index in [0.717, 1.165) is 12.3 Å². The van der Waals surface area contributed by atoms with Crippen molar-refractivity contribution in [3.05, 3.63) is 22.4 Å². The molecule has 1 aromatic rings. The first kappa shape index (κ1) is 9.08. The van der Waals surface area contributed by atoms with Gasteiger partial charge in [0, 0.05) is 10.8 Å². The molecule has 0 saturated carbocycles. The zero-order valence-corrected chi connectivity index (χ0v) is 8.13. The van der Waals surface area contributed by atoms with Gasteiger partial charge in [0.05, 0.1) is 0 Å². The van der Waals surface area contributed by atoms with Crippen LogP contribution in [0.15, 0.2) is 17.5 Å². The fourth-order valence-electron chi connectivity index (χ4n) is 1.03. The van der Waals surface area contributed by atoms with E-state index in [-0.39, 0.29) is 0 Å². The third-order valence-electron chi connectivity index (χ3n) is 1.64. The van der Waals surface area contributed by atoms with Crippen molar-refractivity contribution in [2.24, 2.45) is 0 Å². The van der Waals surface area contributed by atoms with Crippen LogP contribution in [0.25, 0.3) is 0 Å². The van der Waals surface area contributed by atoms with Crippen LogP contribution >= 0.6 is 22.9 Å². The highest BCUT2D eigenvalue weighted by atomic mass is 35.5. The number of halogens is 1. The molecule has 1 aromatic heterocycles. The Hall–Kier alpha value is -0.0100. The van der Waals surface area contributed by atoms with Gasteiger partial charge in [0.2, 0.25) is 0 Å². The Bertz CT molecular complexity index is 170. The Balaban J connectivity index is 2.04. The lowest BCUT2D eigenvalue weighted by atomic mass is 10.2. The number of hydrogen-bond donors (Lipinski definition) is 0. The lowest BCUT2D eigenvalue weighted by molar-refractivity contribution is 0.726. The SMILES string of the molecule is ClCCCCCc1cccs1. The zero-order chi connectivity index (χ0) is 7.94. The van der Waals surface area contributed by atoms with Gasteiger partial charge in [0.1, 0.15) is 0 Å². The summed E-state index contributed by atoms with van der Waals surface area (Å²) < 4.78 is 0. The van der Waals surface area contributed by atoms with E-state index in [9.17, 15) is 0 Å². The van der Waals surface area contributed by atoms with Gasteiger partial charge in [-0.2, -0.15) is 0 Å². The van der Waals surface area contributed by atoms with E-state index in [0.29, 0.717) is 0 Å². The highest BCUT2D eigenvalue weighted by Gasteiger charge is 1.92. The molecule has 1 heterocycles. The fraction of sp³-hybridized carbons (Fsp3) is 0.556. The van der Waals surface area contributed by atoms with Crippen LogP contribution in [0, 0.1) is 0 Å². The maximum atomic E-state index is 5.56. The highest BCUT2D eigenvalue weighted by Crippen LogP contribution is 2.12. The summed E-state index contributed by atoms with van der Waals surface area (Å²) in [6, 6.07) is 4.31. The number of aryl methyl sites for hydroxylation is 1. The number of alkyl halides is 1. The molecule has 1 rings (SSSR count). The Labute approximate surface area is 77.2 Å². The van der Waals surface area contributed by atoms with E-state index in [1.54, 1.807) is 0 Å². The van der Waals surface area contributed by atoms with E-state index in [2.05, 4.69) is 17.5 Å². The predicted molar refractivity (Wildman–Crippen MR) is 52.6 cm³/mol. The maximum absolute atomic E-state index is 5.56. The number of hydrogen-bond acceptors (Lipinski definition) is 1. The quantitative estimate of drug-likeness (QED) is 0.488. The van der Waals surface area contributed by atoms with Gasteiger partial charge >= 0.3 is 0 Å². The van der Waals surface area contributed by atoms with Gasteiger partial charge in [-0.15, -0.1) is 22.9 Å². The minimum absolute atomic E-state index is 0.810. The third kappa shape index (κ3) is 3.78. The van der Waals surface area contributed by atoms with Crippen molar-refractivity contribution in [2.75, 3.05) is 5.88 Å². The molecule has 0 amide bonds. The zero-order valence-electron chi connectivity index (χ0n) is 6.55. The molecule has 0 unspecified atom stereocenters. The topological polar surface area (TPSA) is 0 Å². The molecular formula is C9H13ClS. The Morgan fingerprint density at radius 3 is 2.82 bits per heavy atom. The van der Waals surface area contributed by atoms with E-state index < -0.39 is 0 Å². The van der Waals surface area contributed by atoms with Crippen molar-refractivity contribution in [3.8, 4) is 0 Å². The van der Waals surface area contributed by atoms with Crippen LogP contribution in [0.3, 0.4) is 0 Å². The normalized spacial score (nSPS) is 10.3. The largest absolute Gasteiger partial charge is 0.149 e. The van der Waals surface area contributed by atoms with Crippen LogP contribution in [0.5, 0.6) is 0 Å². The van der Waals surface area contributed by atoms with E-state index >= 15 is 0 Å². The van der Waals surface area contributed by atoms with Crippen molar-refractivity contribution in [1.29, 1.82) is 0 Å². The number of unbranched alkanes of at least 4 members (excludes halogenated alkanes) is 2. The Kier molecular flexibility index (Phi) is 4.64. The summed E-state index contributed by atoms with van der Waals surface area (Å²) in [5.41, 5.74) is 0. The first-order valence-corrected chi connectivity index (χ1v) is 5.43. The predicted octanol–water partition coefficient (Wildman–Crippen LogP) is 3.70. The summed E-state index contributed by atoms with van der Waals surface area (Å²) in [5.74, 6) is 0.810. The third-order valence-corrected chi connectivity index (χ3v) is 2.84. The van der Waals surface area contributed by atoms with E-state index in [1.807, 2.05) is 11.3 Å². The van der Waals surface area contributed by atoms with Crippen molar-refractivity contribution >= 4 is 22.9 Å². The summed E-state index contributed by atoms with van der Waals surface area (Å²) >= 11 is 7.41. The summed E-state index contributed by atoms with van der Waals surface area (Å²) in [6.45, 7) is 0. The monoisotopic (exact) mass is 188 g/mol. The lowest BCUT2D eigenvalue weighted by Gasteiger charge is -1.95. The van der Waals surface area contributed by atoms with Crippen LogP contribution in [-0.4, -0.2) is 5.88 Å². The molecule has 0 fully saturated rings. The van der Waals surface area contributed by atoms with Gasteiger partial charge in [0.15, 0.2) is 0 Å². The van der Waals surface area contributed by atoms with Crippen molar-refractivity contribution in [2.45, 2.75) is 25.7 Å². The van der Waals surface area contributed by atoms with Gasteiger partial charge < -0.3 is 0 Å². The highest BCUT2D eigenvalue weighted by molar-refractivity contribution is 7.09. The summed E-state index contributed by atoms with van der Waals surface area (Å²) in [6.07, 6.45) is 4.94. The summed E-state index contributed by atoms with van der Waals surface area (Å²) in [4.78, 5) is 1.50. The molecule has 0 bridgehead atoms. The first-order valence-electron chi connectivity index (χ1n) is 4.02. The molecule has 0 aliphatic heterocycles. The molecule has 0 spiro atoms. The van der Waals surface area contributed by atoms with Crippen LogP contribution < -0.4 is 0 Å². The second-order valence-electron chi connectivity index (χ2n) is 2.58. The average molecular weight is 189 g/mol. The molecule has 0 aliphatic carbocycles. The minimum Gasteiger partial charge on any atom is -0.149 e. The second-order valence-corrected chi connectivity index (χ2v) is 3.99. The molecular weight excluding hydrogens is 176 g/mol. The standard InChI is InChI=1S/C9H13ClS/c10-7-3-1-2-5-9-6-4-8-11-9/h4,6,8H,1-3,5,7H2. The first-order chi connectivity index (χ1) is 5.43. The smallest absolute Gasteiger partial charge is 0.0223 e. The Morgan fingerprint density at radius 2 is 2.18 bits per heavy atom. The van der Waals surface area contributed by atoms with Crippen LogP contribution in [-0.2, 0) is 6.42 Å². The van der Waals surface area contributed by atoms with Gasteiger partial charge in [-0.3, -0.25) is 0 Å². The molecule has 11 heavy (non-hydrogen) atoms. The molecule has 0 nitrogen and oxygen atoms in total. The molecule has 0 aliphatic rings. The van der Waals surface area contributed by atoms with Crippen LogP contribution in [0.1, 0.15) is 24.1 Å². The van der Waals surface area contributed by atoms with Crippen molar-refractivity contribution in [1.82, 2.24) is 0 Å². The van der Waals surface area contributed by atoms with Crippen molar-refractivity contribution in [3.63, 3.8) is 0 Å². The molecule has 2 heteroatoms. The van der Waals surface area contributed by atoms with Gasteiger partial charge in [-0.1, -0.05) is 12.5 Å². The molecule has 0 saturated heterocycles. The van der Waals surface area contributed by atoms with E-state index in [1.165, 1.54) is 24.1 Å². The molecule has 62 valence electrons. The molecule has 0 radical (unpaired) electrons. The lowest BCUT2D eigenvalue weighted by Crippen LogP contribution is -1.81. The summed E-state index contributed by atoms with van der Waals surface area (Å²) in [7, 11) is 0. The number of rotatable bonds is 5. The van der Waals surface area contributed by atoms with Gasteiger partial charge in [-0.05, 0) is 30.7 Å². The Morgan fingerprint density at radius 1 is 1.27 bits per heavy atom. The van der Waals surface area contributed by atoms with E-state index in [4.69, 9.17) is 11.6 Å². The average Bonchev–Trinajstić information content (AvgIpc) is 2.50. The van der Waals surface area contributed by atoms with Gasteiger partial charge in [-0.25, -0.2) is 0 Å². The summed E-state index contributed by atoms with van der Waals surface area (Å²) in [5, 5.41) is 2.14. The molecule has 0 atom stereocenters. The number of thiophene rings is 1. The van der Waals surface area contributed by atoms with Crippen LogP contribution in [0.4, 0.5) is 0 Å². The second kappa shape index (κ2) is 5.62. The van der Waals surface area contributed by atoms with Gasteiger partial charge in [0.25, 0.3) is 0 Å². The fourth-order valence-corrected chi connectivity index (χ4v) is 1.97.